The number of nitrogens with zero attached hydrogens (tertiary/aromatic N) is 3. The number of carbonyl (C=O) groups is 1. The molecule has 0 radical (unpaired) electrons. The molecule has 1 aliphatic rings. The monoisotopic (exact) mass is 603 g/mol. The minimum atomic E-state index is -3.85. The third kappa shape index (κ3) is 6.91. The number of para-hydroxylation sites is 1. The number of aromatic nitrogens is 2. The minimum Gasteiger partial charge on any atom is -0.325 e. The molecule has 2 N–H and O–H groups in total. The summed E-state index contributed by atoms with van der Waals surface area (Å²) in [4.78, 5) is 35.6. The van der Waals surface area contributed by atoms with Gasteiger partial charge in [0.25, 0.3) is 15.6 Å². The second-order valence-corrected chi connectivity index (χ2v) is 13.0. The molecule has 2 heterocycles. The Bertz CT molecular complexity index is 1800. The summed E-state index contributed by atoms with van der Waals surface area (Å²) in [5.74, 6) is 0.407. The molecule has 0 saturated carbocycles. The van der Waals surface area contributed by atoms with E-state index in [4.69, 9.17) is 4.98 Å². The summed E-state index contributed by atoms with van der Waals surface area (Å²) < 4.78 is 30.1. The van der Waals surface area contributed by atoms with Crippen LogP contribution >= 0.6 is 11.8 Å². The maximum absolute atomic E-state index is 13.5. The normalized spacial score (nSPS) is 13.9. The Morgan fingerprint density at radius 3 is 2.57 bits per heavy atom. The van der Waals surface area contributed by atoms with E-state index in [0.29, 0.717) is 52.2 Å². The molecule has 218 valence electrons. The van der Waals surface area contributed by atoms with Gasteiger partial charge in [-0.05, 0) is 66.8 Å². The molecule has 1 aliphatic heterocycles. The number of aliphatic imine (C=N–C) groups is 1. The number of nitrogens with one attached hydrogen (secondary N) is 2. The number of anilines is 1. The van der Waals surface area contributed by atoms with Gasteiger partial charge in [0.1, 0.15) is 5.84 Å². The van der Waals surface area contributed by atoms with Gasteiger partial charge in [0.05, 0.1) is 27.2 Å². The van der Waals surface area contributed by atoms with Crippen LogP contribution in [0.15, 0.2) is 92.6 Å². The van der Waals surface area contributed by atoms with Crippen LogP contribution in [0.1, 0.15) is 51.0 Å². The second-order valence-electron chi connectivity index (χ2n) is 10.4. The SMILES string of the molecule is CC(C)c1ccc(-n2c(SCC(=O)Nc3cccc(S(=O)(=O)NC4=NCCCCC4)c3)nc3ccccc3c2=O)cc1. The van der Waals surface area contributed by atoms with Gasteiger partial charge in [0.15, 0.2) is 5.16 Å². The first-order chi connectivity index (χ1) is 20.2. The first-order valence-corrected chi connectivity index (χ1v) is 16.4. The lowest BCUT2D eigenvalue weighted by molar-refractivity contribution is -0.113. The molecule has 1 aromatic heterocycles. The first-order valence-electron chi connectivity index (χ1n) is 13.9. The number of fused-ring (bicyclic) bond motifs is 1. The number of thioether (sulfide) groups is 1. The quantitative estimate of drug-likeness (QED) is 0.203. The van der Waals surface area contributed by atoms with E-state index in [1.54, 1.807) is 30.3 Å². The van der Waals surface area contributed by atoms with Crippen molar-refractivity contribution >= 4 is 50.1 Å². The highest BCUT2D eigenvalue weighted by Gasteiger charge is 2.19. The third-order valence-electron chi connectivity index (χ3n) is 6.95. The Balaban J connectivity index is 1.34. The Morgan fingerprint density at radius 2 is 1.79 bits per heavy atom. The van der Waals surface area contributed by atoms with Crippen LogP contribution in [0.2, 0.25) is 0 Å². The fraction of sp³-hybridized carbons (Fsp3) is 0.290. The zero-order valence-electron chi connectivity index (χ0n) is 23.5. The molecule has 3 aromatic carbocycles. The molecule has 0 saturated heterocycles. The highest BCUT2D eigenvalue weighted by atomic mass is 32.2. The largest absolute Gasteiger partial charge is 0.325 e. The predicted octanol–water partition coefficient (Wildman–Crippen LogP) is 5.49. The number of amides is 1. The molecule has 11 heteroatoms. The first kappa shape index (κ1) is 29.5. The topological polar surface area (TPSA) is 123 Å². The molecule has 0 unspecified atom stereocenters. The molecular weight excluding hydrogens is 571 g/mol. The van der Waals surface area contributed by atoms with E-state index < -0.39 is 10.0 Å². The van der Waals surface area contributed by atoms with Gasteiger partial charge in [-0.3, -0.25) is 23.9 Å². The average Bonchev–Trinajstić information content (AvgIpc) is 3.24. The van der Waals surface area contributed by atoms with Crippen LogP contribution in [-0.4, -0.2) is 42.0 Å². The molecule has 0 fully saturated rings. The number of hydrogen-bond acceptors (Lipinski definition) is 7. The number of carbonyl (C=O) groups excluding carboxylic acids is 1. The van der Waals surface area contributed by atoms with E-state index in [9.17, 15) is 18.0 Å². The Morgan fingerprint density at radius 1 is 1.00 bits per heavy atom. The van der Waals surface area contributed by atoms with Crippen molar-refractivity contribution in [2.75, 3.05) is 17.6 Å². The standard InChI is InChI=1S/C31H33N5O4S2/c1-21(2)22-14-16-24(17-15-22)36-30(38)26-11-5-6-12-27(26)34-31(36)41-20-29(37)33-23-9-8-10-25(19-23)42(39,40)35-28-13-4-3-7-18-32-28/h5-6,8-12,14-17,19,21H,3-4,7,13,18,20H2,1-2H3,(H,32,35)(H,33,37). The summed E-state index contributed by atoms with van der Waals surface area (Å²) in [6, 6.07) is 21.0. The van der Waals surface area contributed by atoms with Crippen molar-refractivity contribution in [3.63, 3.8) is 0 Å². The van der Waals surface area contributed by atoms with Crippen LogP contribution in [0.5, 0.6) is 0 Å². The van der Waals surface area contributed by atoms with Gasteiger partial charge in [-0.1, -0.05) is 62.4 Å². The zero-order valence-corrected chi connectivity index (χ0v) is 25.2. The summed E-state index contributed by atoms with van der Waals surface area (Å²) in [6.45, 7) is 4.81. The predicted molar refractivity (Wildman–Crippen MR) is 168 cm³/mol. The molecule has 0 aliphatic carbocycles. The number of hydrogen-bond donors (Lipinski definition) is 2. The number of amidine groups is 1. The van der Waals surface area contributed by atoms with E-state index >= 15 is 0 Å². The molecule has 0 bridgehead atoms. The van der Waals surface area contributed by atoms with Crippen molar-refractivity contribution < 1.29 is 13.2 Å². The maximum atomic E-state index is 13.5. The average molecular weight is 604 g/mol. The summed E-state index contributed by atoms with van der Waals surface area (Å²) in [6.07, 6.45) is 3.43. The smallest absolute Gasteiger partial charge is 0.266 e. The molecule has 42 heavy (non-hydrogen) atoms. The minimum absolute atomic E-state index is 0.0368. The van der Waals surface area contributed by atoms with Crippen molar-refractivity contribution in [3.05, 3.63) is 88.7 Å². The molecular formula is C31H33N5O4S2. The highest BCUT2D eigenvalue weighted by molar-refractivity contribution is 7.99. The van der Waals surface area contributed by atoms with Crippen molar-refractivity contribution in [2.24, 2.45) is 4.99 Å². The van der Waals surface area contributed by atoms with E-state index in [1.165, 1.54) is 16.7 Å². The number of benzene rings is 3. The van der Waals surface area contributed by atoms with Gasteiger partial charge in [-0.2, -0.15) is 0 Å². The van der Waals surface area contributed by atoms with Gasteiger partial charge in [-0.25, -0.2) is 13.4 Å². The molecule has 0 atom stereocenters. The van der Waals surface area contributed by atoms with Crippen molar-refractivity contribution in [1.82, 2.24) is 14.3 Å². The van der Waals surface area contributed by atoms with Gasteiger partial charge in [0, 0.05) is 18.7 Å². The van der Waals surface area contributed by atoms with Crippen molar-refractivity contribution in [2.45, 2.75) is 55.5 Å². The highest BCUT2D eigenvalue weighted by Crippen LogP contribution is 2.24. The number of rotatable bonds is 8. The van der Waals surface area contributed by atoms with Crippen LogP contribution < -0.4 is 15.6 Å². The van der Waals surface area contributed by atoms with Crippen LogP contribution in [0.3, 0.4) is 0 Å². The number of sulfonamides is 1. The summed E-state index contributed by atoms with van der Waals surface area (Å²) in [7, 11) is -3.85. The molecule has 0 spiro atoms. The van der Waals surface area contributed by atoms with Crippen LogP contribution in [-0.2, 0) is 14.8 Å². The summed E-state index contributed by atoms with van der Waals surface area (Å²) in [5, 5.41) is 3.64. The van der Waals surface area contributed by atoms with Crippen LogP contribution in [0.25, 0.3) is 16.6 Å². The summed E-state index contributed by atoms with van der Waals surface area (Å²) in [5.41, 5.74) is 2.48. The molecule has 5 rings (SSSR count). The third-order valence-corrected chi connectivity index (χ3v) is 9.27. The second kappa shape index (κ2) is 12.9. The maximum Gasteiger partial charge on any atom is 0.266 e. The Labute approximate surface area is 249 Å². The zero-order chi connectivity index (χ0) is 29.7. The fourth-order valence-corrected chi connectivity index (χ4v) is 6.63. The molecule has 1 amide bonds. The Kier molecular flexibility index (Phi) is 9.08. The fourth-order valence-electron chi connectivity index (χ4n) is 4.68. The van der Waals surface area contributed by atoms with E-state index in [2.05, 4.69) is 28.9 Å². The van der Waals surface area contributed by atoms with Gasteiger partial charge in [-0.15, -0.1) is 0 Å². The van der Waals surface area contributed by atoms with E-state index in [-0.39, 0.29) is 22.1 Å². The lowest BCUT2D eigenvalue weighted by Crippen LogP contribution is -2.30. The summed E-state index contributed by atoms with van der Waals surface area (Å²) >= 11 is 1.14. The van der Waals surface area contributed by atoms with Gasteiger partial charge >= 0.3 is 0 Å². The molecule has 4 aromatic rings. The van der Waals surface area contributed by atoms with E-state index in [0.717, 1.165) is 36.6 Å². The lowest BCUT2D eigenvalue weighted by atomic mass is 10.0. The van der Waals surface area contributed by atoms with Crippen molar-refractivity contribution in [1.29, 1.82) is 0 Å². The van der Waals surface area contributed by atoms with Crippen LogP contribution in [0.4, 0.5) is 5.69 Å². The molecule has 9 nitrogen and oxygen atoms in total. The Hall–Kier alpha value is -3.96. The van der Waals surface area contributed by atoms with Gasteiger partial charge in [0.2, 0.25) is 5.91 Å². The van der Waals surface area contributed by atoms with Crippen LogP contribution in [0, 0.1) is 0 Å². The van der Waals surface area contributed by atoms with Crippen molar-refractivity contribution in [3.8, 4) is 5.69 Å². The van der Waals surface area contributed by atoms with Gasteiger partial charge < -0.3 is 5.32 Å². The van der Waals surface area contributed by atoms with E-state index in [1.807, 2.05) is 30.3 Å². The lowest BCUT2D eigenvalue weighted by Gasteiger charge is -2.14.